The maximum Gasteiger partial charge on any atom is 0.277 e. The van der Waals surface area contributed by atoms with E-state index < -0.39 is 4.92 Å². The molecule has 1 aromatic carbocycles. The molecule has 0 saturated carbocycles. The van der Waals surface area contributed by atoms with Gasteiger partial charge in [0.1, 0.15) is 6.61 Å². The number of alkyl halides is 1. The Morgan fingerprint density at radius 3 is 2.43 bits per heavy atom. The van der Waals surface area contributed by atoms with Gasteiger partial charge in [-0.1, -0.05) is 15.9 Å². The molecule has 7 nitrogen and oxygen atoms in total. The van der Waals surface area contributed by atoms with Gasteiger partial charge in [-0.25, -0.2) is 0 Å². The van der Waals surface area contributed by atoms with Crippen molar-refractivity contribution in [3.63, 3.8) is 0 Å². The number of rotatable bonds is 10. The maximum atomic E-state index is 11.0. The van der Waals surface area contributed by atoms with Crippen molar-refractivity contribution in [1.82, 2.24) is 0 Å². The van der Waals surface area contributed by atoms with Crippen LogP contribution in [0.2, 0.25) is 0 Å². The first-order valence-corrected chi connectivity index (χ1v) is 7.37. The lowest BCUT2D eigenvalue weighted by atomic mass is 10.2. The van der Waals surface area contributed by atoms with Gasteiger partial charge in [0.15, 0.2) is 11.5 Å². The van der Waals surface area contributed by atoms with E-state index in [1.807, 2.05) is 0 Å². The first-order chi connectivity index (χ1) is 10.1. The van der Waals surface area contributed by atoms with Crippen molar-refractivity contribution in [2.24, 2.45) is 0 Å². The fraction of sp³-hybridized carbons (Fsp3) is 0.538. The number of hydrogen-bond acceptors (Lipinski definition) is 6. The van der Waals surface area contributed by atoms with Crippen molar-refractivity contribution in [3.8, 4) is 11.5 Å². The van der Waals surface area contributed by atoms with Crippen molar-refractivity contribution in [2.75, 3.05) is 40.6 Å². The van der Waals surface area contributed by atoms with Gasteiger partial charge in [-0.2, -0.15) is 0 Å². The highest BCUT2D eigenvalue weighted by atomic mass is 79.9. The molecule has 1 rings (SSSR count). The van der Waals surface area contributed by atoms with E-state index >= 15 is 0 Å². The predicted octanol–water partition coefficient (Wildman–Crippen LogP) is 2.54. The number of nitro benzene ring substituents is 1. The number of nitrogens with zero attached hydrogens (tertiary/aromatic N) is 1. The van der Waals surface area contributed by atoms with Gasteiger partial charge in [0.25, 0.3) is 5.69 Å². The third-order valence-electron chi connectivity index (χ3n) is 2.62. The Kier molecular flexibility index (Phi) is 8.03. The quantitative estimate of drug-likeness (QED) is 0.275. The van der Waals surface area contributed by atoms with E-state index in [0.29, 0.717) is 42.2 Å². The molecule has 0 fully saturated rings. The van der Waals surface area contributed by atoms with Crippen LogP contribution in [0, 0.1) is 10.1 Å². The van der Waals surface area contributed by atoms with Crippen molar-refractivity contribution in [3.05, 3.63) is 27.8 Å². The van der Waals surface area contributed by atoms with Crippen LogP contribution in [-0.4, -0.2) is 45.6 Å². The molecule has 0 radical (unpaired) electrons. The van der Waals surface area contributed by atoms with Gasteiger partial charge in [0.2, 0.25) is 0 Å². The van der Waals surface area contributed by atoms with Crippen LogP contribution in [0.1, 0.15) is 5.56 Å². The number of benzene rings is 1. The van der Waals surface area contributed by atoms with Crippen LogP contribution in [0.3, 0.4) is 0 Å². The molecule has 21 heavy (non-hydrogen) atoms. The molecule has 0 amide bonds. The summed E-state index contributed by atoms with van der Waals surface area (Å²) in [6.07, 6.45) is 0. The van der Waals surface area contributed by atoms with Crippen molar-refractivity contribution in [2.45, 2.75) is 5.33 Å². The molecule has 118 valence electrons. The summed E-state index contributed by atoms with van der Waals surface area (Å²) in [5.41, 5.74) is 0.517. The highest BCUT2D eigenvalue weighted by Gasteiger charge is 2.18. The average Bonchev–Trinajstić information content (AvgIpc) is 2.49. The molecule has 0 bridgehead atoms. The van der Waals surface area contributed by atoms with E-state index in [-0.39, 0.29) is 12.3 Å². The molecule has 0 aliphatic rings. The van der Waals surface area contributed by atoms with Crippen molar-refractivity contribution < 1.29 is 23.9 Å². The van der Waals surface area contributed by atoms with Gasteiger partial charge in [0.05, 0.1) is 37.9 Å². The minimum Gasteiger partial charge on any atom is -0.493 e. The van der Waals surface area contributed by atoms with Gasteiger partial charge in [0, 0.05) is 18.0 Å². The van der Waals surface area contributed by atoms with Crippen LogP contribution in [-0.2, 0) is 14.8 Å². The molecule has 0 spiro atoms. The summed E-state index contributed by atoms with van der Waals surface area (Å²) in [4.78, 5) is 10.6. The molecule has 0 atom stereocenters. The van der Waals surface area contributed by atoms with Crippen LogP contribution < -0.4 is 9.47 Å². The van der Waals surface area contributed by atoms with Gasteiger partial charge >= 0.3 is 0 Å². The number of halogens is 1. The molecular formula is C13H18BrNO6. The van der Waals surface area contributed by atoms with Crippen LogP contribution in [0.15, 0.2) is 12.1 Å². The largest absolute Gasteiger partial charge is 0.493 e. The minimum absolute atomic E-state index is 0.0111. The normalized spacial score (nSPS) is 10.4. The fourth-order valence-electron chi connectivity index (χ4n) is 1.60. The Morgan fingerprint density at radius 2 is 1.86 bits per heavy atom. The predicted molar refractivity (Wildman–Crippen MR) is 80.5 cm³/mol. The lowest BCUT2D eigenvalue weighted by Crippen LogP contribution is -2.10. The fourth-order valence-corrected chi connectivity index (χ4v) is 2.04. The van der Waals surface area contributed by atoms with Crippen molar-refractivity contribution >= 4 is 21.6 Å². The van der Waals surface area contributed by atoms with Crippen LogP contribution >= 0.6 is 15.9 Å². The van der Waals surface area contributed by atoms with E-state index in [9.17, 15) is 10.1 Å². The third-order valence-corrected chi connectivity index (χ3v) is 3.23. The summed E-state index contributed by atoms with van der Waals surface area (Å²) in [5.74, 6) is 0.774. The monoisotopic (exact) mass is 363 g/mol. The summed E-state index contributed by atoms with van der Waals surface area (Å²) in [5, 5.41) is 11.4. The SMILES string of the molecule is COCCOCCOc1cc([N+](=O)[O-])c(CBr)cc1OC. The summed E-state index contributed by atoms with van der Waals surface area (Å²) >= 11 is 3.22. The Hall–Kier alpha value is -1.38. The van der Waals surface area contributed by atoms with Crippen LogP contribution in [0.4, 0.5) is 5.69 Å². The van der Waals surface area contributed by atoms with Gasteiger partial charge in [-0.15, -0.1) is 0 Å². The van der Waals surface area contributed by atoms with Crippen LogP contribution in [0.5, 0.6) is 11.5 Å². The average molecular weight is 364 g/mol. The van der Waals surface area contributed by atoms with Crippen LogP contribution in [0.25, 0.3) is 0 Å². The summed E-state index contributed by atoms with van der Waals surface area (Å²) in [6, 6.07) is 2.96. The Morgan fingerprint density at radius 1 is 1.14 bits per heavy atom. The van der Waals surface area contributed by atoms with Crippen molar-refractivity contribution in [1.29, 1.82) is 0 Å². The minimum atomic E-state index is -0.446. The summed E-state index contributed by atoms with van der Waals surface area (Å²) < 4.78 is 20.8. The smallest absolute Gasteiger partial charge is 0.277 e. The molecular weight excluding hydrogens is 346 g/mol. The number of methoxy groups -OCH3 is 2. The Labute approximate surface area is 131 Å². The molecule has 0 aliphatic heterocycles. The van der Waals surface area contributed by atoms with E-state index in [1.54, 1.807) is 13.2 Å². The summed E-state index contributed by atoms with van der Waals surface area (Å²) in [6.45, 7) is 1.61. The standard InChI is InChI=1S/C13H18BrNO6/c1-18-3-4-20-5-6-21-13-8-11(15(16)17)10(9-14)7-12(13)19-2/h7-8H,3-6,9H2,1-2H3. The maximum absolute atomic E-state index is 11.0. The van der Waals surface area contributed by atoms with Gasteiger partial charge < -0.3 is 18.9 Å². The number of hydrogen-bond donors (Lipinski definition) is 0. The number of ether oxygens (including phenoxy) is 4. The zero-order chi connectivity index (χ0) is 15.7. The second-order valence-corrected chi connectivity index (χ2v) is 4.54. The highest BCUT2D eigenvalue weighted by molar-refractivity contribution is 9.08. The highest BCUT2D eigenvalue weighted by Crippen LogP contribution is 2.35. The van der Waals surface area contributed by atoms with Gasteiger partial charge in [-0.05, 0) is 6.07 Å². The second kappa shape index (κ2) is 9.54. The molecule has 0 N–H and O–H groups in total. The van der Waals surface area contributed by atoms with Gasteiger partial charge in [-0.3, -0.25) is 10.1 Å². The first-order valence-electron chi connectivity index (χ1n) is 6.24. The lowest BCUT2D eigenvalue weighted by molar-refractivity contribution is -0.385. The third kappa shape index (κ3) is 5.49. The molecule has 0 aromatic heterocycles. The Bertz CT molecular complexity index is 468. The molecule has 0 aliphatic carbocycles. The second-order valence-electron chi connectivity index (χ2n) is 3.98. The Balaban J connectivity index is 2.71. The lowest BCUT2D eigenvalue weighted by Gasteiger charge is -2.12. The molecule has 0 heterocycles. The summed E-state index contributed by atoms with van der Waals surface area (Å²) in [7, 11) is 3.08. The molecule has 1 aromatic rings. The van der Waals surface area contributed by atoms with E-state index in [2.05, 4.69) is 15.9 Å². The molecule has 0 unspecified atom stereocenters. The van der Waals surface area contributed by atoms with E-state index in [4.69, 9.17) is 18.9 Å². The first kappa shape index (κ1) is 17.7. The molecule has 0 saturated heterocycles. The zero-order valence-corrected chi connectivity index (χ0v) is 13.6. The number of nitro groups is 1. The van der Waals surface area contributed by atoms with E-state index in [0.717, 1.165) is 0 Å². The zero-order valence-electron chi connectivity index (χ0n) is 12.0. The topological polar surface area (TPSA) is 80.1 Å². The molecule has 8 heteroatoms. The van der Waals surface area contributed by atoms with E-state index in [1.165, 1.54) is 13.2 Å².